The third-order valence-corrected chi connectivity index (χ3v) is 4.72. The van der Waals surface area contributed by atoms with Crippen molar-refractivity contribution in [3.05, 3.63) is 18.5 Å². The van der Waals surface area contributed by atoms with Crippen LogP contribution in [0.25, 0.3) is 0 Å². The van der Waals surface area contributed by atoms with Gasteiger partial charge in [0.2, 0.25) is 11.9 Å². The Kier molecular flexibility index (Phi) is 4.80. The third-order valence-electron chi connectivity index (χ3n) is 4.72. The van der Waals surface area contributed by atoms with Gasteiger partial charge in [-0.25, -0.2) is 9.97 Å². The van der Waals surface area contributed by atoms with Gasteiger partial charge in [-0.05, 0) is 45.1 Å². The summed E-state index contributed by atoms with van der Waals surface area (Å²) in [7, 11) is 0. The van der Waals surface area contributed by atoms with E-state index < -0.39 is 0 Å². The van der Waals surface area contributed by atoms with E-state index in [4.69, 9.17) is 4.74 Å². The molecule has 1 N–H and O–H groups in total. The quantitative estimate of drug-likeness (QED) is 0.916. The van der Waals surface area contributed by atoms with E-state index in [1.54, 1.807) is 12.4 Å². The Morgan fingerprint density at radius 2 is 2.09 bits per heavy atom. The van der Waals surface area contributed by atoms with E-state index in [1.807, 2.05) is 19.9 Å². The normalized spacial score (nSPS) is 23.4. The predicted molar refractivity (Wildman–Crippen MR) is 88.2 cm³/mol. The molecule has 0 bridgehead atoms. The van der Waals surface area contributed by atoms with E-state index in [1.165, 1.54) is 0 Å². The number of piperidine rings is 1. The van der Waals surface area contributed by atoms with Crippen molar-refractivity contribution in [1.29, 1.82) is 0 Å². The standard InChI is InChI=1S/C17H26N4O2/c1-13(2)20-15(22)10-14-11-17(23-12-14)4-8-21(9-5-17)16-18-6-3-7-19-16/h3,6-7,13-14H,4-5,8-12H2,1-2H3,(H,20,22). The van der Waals surface area contributed by atoms with Gasteiger partial charge in [0.1, 0.15) is 0 Å². The van der Waals surface area contributed by atoms with E-state index in [0.29, 0.717) is 18.9 Å². The molecule has 1 aromatic heterocycles. The smallest absolute Gasteiger partial charge is 0.225 e. The summed E-state index contributed by atoms with van der Waals surface area (Å²) in [6.45, 7) is 6.51. The number of carbonyl (C=O) groups is 1. The van der Waals surface area contributed by atoms with Crippen molar-refractivity contribution < 1.29 is 9.53 Å². The summed E-state index contributed by atoms with van der Waals surface area (Å²) < 4.78 is 6.14. The van der Waals surface area contributed by atoms with Gasteiger partial charge in [0.25, 0.3) is 0 Å². The average molecular weight is 318 g/mol. The molecule has 0 saturated carbocycles. The molecule has 23 heavy (non-hydrogen) atoms. The topological polar surface area (TPSA) is 67.3 Å². The molecule has 6 nitrogen and oxygen atoms in total. The summed E-state index contributed by atoms with van der Waals surface area (Å²) >= 11 is 0. The van der Waals surface area contributed by atoms with Crippen LogP contribution in [0.2, 0.25) is 0 Å². The highest BCUT2D eigenvalue weighted by molar-refractivity contribution is 5.76. The highest BCUT2D eigenvalue weighted by Crippen LogP contribution is 2.40. The van der Waals surface area contributed by atoms with Crippen LogP contribution in [0.3, 0.4) is 0 Å². The number of amides is 1. The minimum Gasteiger partial charge on any atom is -0.375 e. The zero-order valence-electron chi connectivity index (χ0n) is 14.0. The Balaban J connectivity index is 1.50. The molecule has 1 atom stereocenters. The molecule has 6 heteroatoms. The number of hydrogen-bond donors (Lipinski definition) is 1. The minimum absolute atomic E-state index is 0.0476. The Morgan fingerprint density at radius 3 is 2.74 bits per heavy atom. The second kappa shape index (κ2) is 6.83. The van der Waals surface area contributed by atoms with Crippen molar-refractivity contribution in [2.45, 2.75) is 51.2 Å². The molecular formula is C17H26N4O2. The van der Waals surface area contributed by atoms with Gasteiger partial charge in [0, 0.05) is 37.9 Å². The fourth-order valence-electron chi connectivity index (χ4n) is 3.63. The summed E-state index contributed by atoms with van der Waals surface area (Å²) in [5.41, 5.74) is -0.0476. The van der Waals surface area contributed by atoms with Crippen molar-refractivity contribution >= 4 is 11.9 Å². The second-order valence-electron chi connectivity index (χ2n) is 7.03. The molecule has 0 aliphatic carbocycles. The van der Waals surface area contributed by atoms with Crippen LogP contribution in [0.5, 0.6) is 0 Å². The van der Waals surface area contributed by atoms with Crippen molar-refractivity contribution in [2.75, 3.05) is 24.6 Å². The SMILES string of the molecule is CC(C)NC(=O)CC1COC2(CCN(c3ncccn3)CC2)C1. The maximum atomic E-state index is 11.9. The molecule has 3 rings (SSSR count). The number of aromatic nitrogens is 2. The van der Waals surface area contributed by atoms with Crippen LogP contribution in [0.15, 0.2) is 18.5 Å². The molecule has 3 heterocycles. The number of rotatable bonds is 4. The maximum Gasteiger partial charge on any atom is 0.225 e. The van der Waals surface area contributed by atoms with Crippen LogP contribution in [-0.2, 0) is 9.53 Å². The fraction of sp³-hybridized carbons (Fsp3) is 0.706. The number of anilines is 1. The lowest BCUT2D eigenvalue weighted by atomic mass is 9.84. The van der Waals surface area contributed by atoms with Gasteiger partial charge in [-0.1, -0.05) is 0 Å². The van der Waals surface area contributed by atoms with Crippen molar-refractivity contribution in [3.8, 4) is 0 Å². The zero-order chi connectivity index (χ0) is 16.3. The first-order chi connectivity index (χ1) is 11.1. The molecule has 2 fully saturated rings. The lowest BCUT2D eigenvalue weighted by Crippen LogP contribution is -2.44. The van der Waals surface area contributed by atoms with Crippen LogP contribution in [-0.4, -0.2) is 47.2 Å². The zero-order valence-corrected chi connectivity index (χ0v) is 14.0. The molecule has 1 aromatic rings. The number of nitrogens with zero attached hydrogens (tertiary/aromatic N) is 3. The Bertz CT molecular complexity index is 527. The lowest BCUT2D eigenvalue weighted by molar-refractivity contribution is -0.122. The molecule has 2 saturated heterocycles. The van der Waals surface area contributed by atoms with Crippen LogP contribution in [0.1, 0.15) is 39.5 Å². The van der Waals surface area contributed by atoms with E-state index in [9.17, 15) is 4.79 Å². The minimum atomic E-state index is -0.0476. The number of hydrogen-bond acceptors (Lipinski definition) is 5. The number of ether oxygens (including phenoxy) is 1. The molecule has 1 unspecified atom stereocenters. The van der Waals surface area contributed by atoms with Gasteiger partial charge >= 0.3 is 0 Å². The van der Waals surface area contributed by atoms with E-state index in [-0.39, 0.29) is 17.6 Å². The van der Waals surface area contributed by atoms with Gasteiger partial charge in [0.05, 0.1) is 12.2 Å². The monoisotopic (exact) mass is 318 g/mol. The molecule has 2 aliphatic heterocycles. The van der Waals surface area contributed by atoms with Gasteiger partial charge in [-0.2, -0.15) is 0 Å². The largest absolute Gasteiger partial charge is 0.375 e. The highest BCUT2D eigenvalue weighted by atomic mass is 16.5. The first-order valence-corrected chi connectivity index (χ1v) is 8.52. The van der Waals surface area contributed by atoms with E-state index in [2.05, 4.69) is 20.2 Å². The van der Waals surface area contributed by atoms with Crippen LogP contribution < -0.4 is 10.2 Å². The van der Waals surface area contributed by atoms with Gasteiger partial charge < -0.3 is 15.0 Å². The van der Waals surface area contributed by atoms with Gasteiger partial charge in [-0.3, -0.25) is 4.79 Å². The molecule has 1 spiro atoms. The fourth-order valence-corrected chi connectivity index (χ4v) is 3.63. The third kappa shape index (κ3) is 3.99. The molecular weight excluding hydrogens is 292 g/mol. The lowest BCUT2D eigenvalue weighted by Gasteiger charge is -2.38. The summed E-state index contributed by atoms with van der Waals surface area (Å²) in [6.07, 6.45) is 7.08. The first-order valence-electron chi connectivity index (χ1n) is 8.52. The molecule has 1 amide bonds. The number of nitrogens with one attached hydrogen (secondary N) is 1. The summed E-state index contributed by atoms with van der Waals surface area (Å²) in [5.74, 6) is 1.28. The Morgan fingerprint density at radius 1 is 1.39 bits per heavy atom. The van der Waals surface area contributed by atoms with Crippen LogP contribution >= 0.6 is 0 Å². The maximum absolute atomic E-state index is 11.9. The summed E-state index contributed by atoms with van der Waals surface area (Å²) in [4.78, 5) is 22.8. The Labute approximate surface area is 137 Å². The molecule has 0 radical (unpaired) electrons. The molecule has 2 aliphatic rings. The van der Waals surface area contributed by atoms with E-state index >= 15 is 0 Å². The second-order valence-corrected chi connectivity index (χ2v) is 7.03. The van der Waals surface area contributed by atoms with Crippen LogP contribution in [0, 0.1) is 5.92 Å². The molecule has 126 valence electrons. The van der Waals surface area contributed by atoms with Gasteiger partial charge in [0.15, 0.2) is 0 Å². The summed E-state index contributed by atoms with van der Waals surface area (Å²) in [5, 5.41) is 2.97. The summed E-state index contributed by atoms with van der Waals surface area (Å²) in [6, 6.07) is 2.04. The van der Waals surface area contributed by atoms with Crippen molar-refractivity contribution in [1.82, 2.24) is 15.3 Å². The Hall–Kier alpha value is -1.69. The van der Waals surface area contributed by atoms with Gasteiger partial charge in [-0.15, -0.1) is 0 Å². The predicted octanol–water partition coefficient (Wildman–Crippen LogP) is 1.77. The average Bonchev–Trinajstić information content (AvgIpc) is 2.90. The van der Waals surface area contributed by atoms with Crippen molar-refractivity contribution in [2.24, 2.45) is 5.92 Å². The van der Waals surface area contributed by atoms with Crippen LogP contribution in [0.4, 0.5) is 5.95 Å². The molecule has 0 aromatic carbocycles. The van der Waals surface area contributed by atoms with Crippen molar-refractivity contribution in [3.63, 3.8) is 0 Å². The highest BCUT2D eigenvalue weighted by Gasteiger charge is 2.43. The van der Waals surface area contributed by atoms with E-state index in [0.717, 1.165) is 38.3 Å². The number of carbonyl (C=O) groups excluding carboxylic acids is 1. The first kappa shape index (κ1) is 16.2.